The normalized spacial score (nSPS) is 23.6. The number of aliphatic carboxylic acids is 1. The van der Waals surface area contributed by atoms with Crippen molar-refractivity contribution in [2.45, 2.75) is 18.9 Å². The zero-order chi connectivity index (χ0) is 12.5. The number of hydrogen-bond donors (Lipinski definition) is 1. The molecule has 1 saturated heterocycles. The smallest absolute Gasteiger partial charge is 0.415 e. The van der Waals surface area contributed by atoms with Gasteiger partial charge in [0, 0.05) is 5.69 Å². The number of nitrogens with zero attached hydrogens (tertiary/aromatic N) is 1. The molecule has 0 bridgehead atoms. The van der Waals surface area contributed by atoms with Gasteiger partial charge in [0.05, 0.1) is 12.0 Å². The van der Waals surface area contributed by atoms with Crippen LogP contribution < -0.4 is 4.90 Å². The van der Waals surface area contributed by atoms with Crippen LogP contribution in [0.1, 0.15) is 13.3 Å². The molecule has 5 heteroatoms. The highest BCUT2D eigenvalue weighted by molar-refractivity contribution is 5.92. The Kier molecular flexibility index (Phi) is 2.75. The Morgan fingerprint density at radius 3 is 2.71 bits per heavy atom. The molecule has 1 aliphatic rings. The van der Waals surface area contributed by atoms with Crippen molar-refractivity contribution in [2.75, 3.05) is 11.5 Å². The minimum Gasteiger partial charge on any atom is -0.481 e. The van der Waals surface area contributed by atoms with E-state index >= 15 is 0 Å². The maximum Gasteiger partial charge on any atom is 0.415 e. The first-order chi connectivity index (χ1) is 8.03. The van der Waals surface area contributed by atoms with Gasteiger partial charge in [0.1, 0.15) is 6.61 Å². The average molecular weight is 235 g/mol. The van der Waals surface area contributed by atoms with Gasteiger partial charge < -0.3 is 9.84 Å². The summed E-state index contributed by atoms with van der Waals surface area (Å²) in [4.78, 5) is 23.9. The summed E-state index contributed by atoms with van der Waals surface area (Å²) in [5.74, 6) is -0.952. The first-order valence-electron chi connectivity index (χ1n) is 5.27. The standard InChI is InChI=1S/C12H13NO4/c1-12(7-10(14)15)8-17-11(16)13(12)9-5-3-2-4-6-9/h2-6H,7-8H2,1H3,(H,14,15). The molecule has 1 N–H and O–H groups in total. The Balaban J connectivity index is 2.35. The van der Waals surface area contributed by atoms with Crippen molar-refractivity contribution < 1.29 is 19.4 Å². The fourth-order valence-electron chi connectivity index (χ4n) is 2.02. The predicted molar refractivity (Wildman–Crippen MR) is 60.9 cm³/mol. The number of rotatable bonds is 3. The molecular formula is C12H13NO4. The fraction of sp³-hybridized carbons (Fsp3) is 0.333. The van der Waals surface area contributed by atoms with Crippen molar-refractivity contribution in [3.05, 3.63) is 30.3 Å². The summed E-state index contributed by atoms with van der Waals surface area (Å²) in [6.07, 6.45) is -0.645. The monoisotopic (exact) mass is 235 g/mol. The minimum absolute atomic E-state index is 0.0903. The highest BCUT2D eigenvalue weighted by atomic mass is 16.6. The van der Waals surface area contributed by atoms with Crippen LogP contribution >= 0.6 is 0 Å². The molecule has 0 aromatic heterocycles. The molecule has 0 aliphatic carbocycles. The summed E-state index contributed by atoms with van der Waals surface area (Å²) < 4.78 is 4.96. The number of para-hydroxylation sites is 1. The fourth-order valence-corrected chi connectivity index (χ4v) is 2.02. The highest BCUT2D eigenvalue weighted by Gasteiger charge is 2.46. The molecule has 90 valence electrons. The number of carbonyl (C=O) groups excluding carboxylic acids is 1. The van der Waals surface area contributed by atoms with Crippen molar-refractivity contribution in [1.82, 2.24) is 0 Å². The maximum atomic E-state index is 11.7. The van der Waals surface area contributed by atoms with Gasteiger partial charge in [-0.05, 0) is 19.1 Å². The molecule has 1 atom stereocenters. The third-order valence-electron chi connectivity index (χ3n) is 2.78. The van der Waals surface area contributed by atoms with Crippen molar-refractivity contribution in [2.24, 2.45) is 0 Å². The molecule has 17 heavy (non-hydrogen) atoms. The van der Waals surface area contributed by atoms with Crippen molar-refractivity contribution >= 4 is 17.7 Å². The molecule has 1 unspecified atom stereocenters. The Morgan fingerprint density at radius 2 is 2.12 bits per heavy atom. The molecule has 0 radical (unpaired) electrons. The second-order valence-corrected chi connectivity index (χ2v) is 4.29. The molecule has 1 heterocycles. The van der Waals surface area contributed by atoms with Gasteiger partial charge in [-0.25, -0.2) is 4.79 Å². The summed E-state index contributed by atoms with van der Waals surface area (Å²) in [5, 5.41) is 8.90. The van der Waals surface area contributed by atoms with Crippen LogP contribution in [0, 0.1) is 0 Å². The number of hydrogen-bond acceptors (Lipinski definition) is 3. The number of carboxylic acid groups (broad SMARTS) is 1. The molecule has 2 rings (SSSR count). The van der Waals surface area contributed by atoms with Crippen LogP contribution in [0.15, 0.2) is 30.3 Å². The topological polar surface area (TPSA) is 66.8 Å². The van der Waals surface area contributed by atoms with Gasteiger partial charge in [0.25, 0.3) is 0 Å². The molecule has 1 aromatic rings. The van der Waals surface area contributed by atoms with Crippen LogP contribution in [0.2, 0.25) is 0 Å². The lowest BCUT2D eigenvalue weighted by molar-refractivity contribution is -0.138. The average Bonchev–Trinajstić information content (AvgIpc) is 2.54. The quantitative estimate of drug-likeness (QED) is 0.868. The summed E-state index contributed by atoms with van der Waals surface area (Å²) in [6.45, 7) is 1.80. The van der Waals surface area contributed by atoms with E-state index in [0.29, 0.717) is 5.69 Å². The van der Waals surface area contributed by atoms with E-state index in [0.717, 1.165) is 0 Å². The van der Waals surface area contributed by atoms with Crippen molar-refractivity contribution in [3.8, 4) is 0 Å². The molecule has 5 nitrogen and oxygen atoms in total. The first-order valence-corrected chi connectivity index (χ1v) is 5.27. The van der Waals surface area contributed by atoms with Gasteiger partial charge in [-0.2, -0.15) is 0 Å². The maximum absolute atomic E-state index is 11.7. The number of ether oxygens (including phenoxy) is 1. The van der Waals surface area contributed by atoms with E-state index in [4.69, 9.17) is 9.84 Å². The Hall–Kier alpha value is -2.04. The first kappa shape index (κ1) is 11.4. The Morgan fingerprint density at radius 1 is 1.47 bits per heavy atom. The number of amides is 1. The molecule has 1 amide bonds. The number of carbonyl (C=O) groups is 2. The highest BCUT2D eigenvalue weighted by Crippen LogP contribution is 2.32. The van der Waals surface area contributed by atoms with Gasteiger partial charge in [0.2, 0.25) is 0 Å². The number of benzene rings is 1. The van der Waals surface area contributed by atoms with Gasteiger partial charge in [0.15, 0.2) is 0 Å². The van der Waals surface area contributed by atoms with E-state index < -0.39 is 17.6 Å². The zero-order valence-corrected chi connectivity index (χ0v) is 9.42. The molecule has 0 spiro atoms. The van der Waals surface area contributed by atoms with Crippen LogP contribution in [-0.4, -0.2) is 29.3 Å². The van der Waals surface area contributed by atoms with Crippen LogP contribution in [0.3, 0.4) is 0 Å². The number of carboxylic acids is 1. The van der Waals surface area contributed by atoms with E-state index in [1.165, 1.54) is 4.90 Å². The third kappa shape index (κ3) is 2.08. The zero-order valence-electron chi connectivity index (χ0n) is 9.42. The summed E-state index contributed by atoms with van der Waals surface area (Å²) in [5.41, 5.74) is -0.177. The lowest BCUT2D eigenvalue weighted by Gasteiger charge is -2.30. The lowest BCUT2D eigenvalue weighted by Crippen LogP contribution is -2.46. The van der Waals surface area contributed by atoms with Crippen molar-refractivity contribution in [1.29, 1.82) is 0 Å². The predicted octanol–water partition coefficient (Wildman–Crippen LogP) is 1.88. The molecule has 1 fully saturated rings. The van der Waals surface area contributed by atoms with E-state index in [1.807, 2.05) is 6.07 Å². The second kappa shape index (κ2) is 4.08. The van der Waals surface area contributed by atoms with Gasteiger partial charge in [-0.15, -0.1) is 0 Å². The summed E-state index contributed by atoms with van der Waals surface area (Å²) >= 11 is 0. The minimum atomic E-state index is -0.952. The van der Waals surface area contributed by atoms with Gasteiger partial charge in [-0.3, -0.25) is 9.69 Å². The lowest BCUT2D eigenvalue weighted by atomic mass is 9.97. The third-order valence-corrected chi connectivity index (χ3v) is 2.78. The SMILES string of the molecule is CC1(CC(=O)O)COC(=O)N1c1ccccc1. The van der Waals surface area contributed by atoms with Gasteiger partial charge >= 0.3 is 12.1 Å². The van der Waals surface area contributed by atoms with Crippen molar-refractivity contribution in [3.63, 3.8) is 0 Å². The molecular weight excluding hydrogens is 222 g/mol. The molecule has 1 aliphatic heterocycles. The Bertz CT molecular complexity index is 445. The van der Waals surface area contributed by atoms with E-state index in [2.05, 4.69) is 0 Å². The van der Waals surface area contributed by atoms with E-state index in [1.54, 1.807) is 31.2 Å². The van der Waals surface area contributed by atoms with Crippen LogP contribution in [0.5, 0.6) is 0 Å². The summed E-state index contributed by atoms with van der Waals surface area (Å²) in [6, 6.07) is 8.93. The van der Waals surface area contributed by atoms with Crippen LogP contribution in [0.25, 0.3) is 0 Å². The van der Waals surface area contributed by atoms with Gasteiger partial charge in [-0.1, -0.05) is 18.2 Å². The molecule has 0 saturated carbocycles. The van der Waals surface area contributed by atoms with E-state index in [9.17, 15) is 9.59 Å². The number of cyclic esters (lactones) is 1. The largest absolute Gasteiger partial charge is 0.481 e. The van der Waals surface area contributed by atoms with Crippen LogP contribution in [-0.2, 0) is 9.53 Å². The molecule has 1 aromatic carbocycles. The number of anilines is 1. The van der Waals surface area contributed by atoms with Crippen LogP contribution in [0.4, 0.5) is 10.5 Å². The second-order valence-electron chi connectivity index (χ2n) is 4.29. The van der Waals surface area contributed by atoms with E-state index in [-0.39, 0.29) is 13.0 Å². The Labute approximate surface area is 98.6 Å². The summed E-state index contributed by atoms with van der Waals surface area (Å²) in [7, 11) is 0.